The summed E-state index contributed by atoms with van der Waals surface area (Å²) < 4.78 is 10.4. The standard InChI is InChI=1S/C32H26O4/c1-5-31(33,27-15-19-29(35-3)20-16-27)25-11-7-23(8-12-25)24-9-13-26(14-10-24)32(34,6-2)28-17-21-30(36-4)22-18-28/h1-2,7-22,33-34H,3-4H3. The van der Waals surface area contributed by atoms with Gasteiger partial charge in [-0.1, -0.05) is 84.6 Å². The molecule has 0 bridgehead atoms. The van der Waals surface area contributed by atoms with Crippen molar-refractivity contribution in [2.45, 2.75) is 11.2 Å². The van der Waals surface area contributed by atoms with Gasteiger partial charge in [-0.15, -0.1) is 12.8 Å². The molecule has 4 aromatic carbocycles. The molecule has 4 heteroatoms. The third-order valence-corrected chi connectivity index (χ3v) is 6.37. The number of methoxy groups -OCH3 is 2. The van der Waals surface area contributed by atoms with Crippen LogP contribution in [0.15, 0.2) is 97.1 Å². The summed E-state index contributed by atoms with van der Waals surface area (Å²) in [6.07, 6.45) is 11.5. The van der Waals surface area contributed by atoms with Gasteiger partial charge in [-0.3, -0.25) is 0 Å². The summed E-state index contributed by atoms with van der Waals surface area (Å²) in [7, 11) is 3.17. The lowest BCUT2D eigenvalue weighted by Crippen LogP contribution is -2.25. The molecule has 0 aliphatic rings. The number of ether oxygens (including phenoxy) is 2. The van der Waals surface area contributed by atoms with Gasteiger partial charge in [0.25, 0.3) is 0 Å². The van der Waals surface area contributed by atoms with E-state index >= 15 is 0 Å². The smallest absolute Gasteiger partial charge is 0.176 e. The van der Waals surface area contributed by atoms with Crippen LogP contribution in [0.1, 0.15) is 22.3 Å². The highest BCUT2D eigenvalue weighted by molar-refractivity contribution is 5.65. The van der Waals surface area contributed by atoms with Gasteiger partial charge in [0, 0.05) is 22.3 Å². The minimum Gasteiger partial charge on any atom is -0.497 e. The van der Waals surface area contributed by atoms with Crippen molar-refractivity contribution in [1.29, 1.82) is 0 Å². The van der Waals surface area contributed by atoms with E-state index in [2.05, 4.69) is 11.8 Å². The number of terminal acetylenes is 2. The minimum atomic E-state index is -1.57. The molecule has 2 atom stereocenters. The maximum Gasteiger partial charge on any atom is 0.176 e. The van der Waals surface area contributed by atoms with Crippen molar-refractivity contribution in [3.63, 3.8) is 0 Å². The van der Waals surface area contributed by atoms with Gasteiger partial charge in [-0.05, 0) is 35.4 Å². The summed E-state index contributed by atoms with van der Waals surface area (Å²) in [6, 6.07) is 28.9. The van der Waals surface area contributed by atoms with E-state index in [1.807, 2.05) is 48.5 Å². The summed E-state index contributed by atoms with van der Waals surface area (Å²) >= 11 is 0. The first-order valence-corrected chi connectivity index (χ1v) is 11.3. The zero-order chi connectivity index (χ0) is 25.8. The lowest BCUT2D eigenvalue weighted by Gasteiger charge is -2.24. The van der Waals surface area contributed by atoms with Gasteiger partial charge >= 0.3 is 0 Å². The molecule has 0 spiro atoms. The second-order valence-corrected chi connectivity index (χ2v) is 8.32. The average Bonchev–Trinajstić information content (AvgIpc) is 2.96. The maximum atomic E-state index is 11.3. The molecule has 4 aromatic rings. The van der Waals surface area contributed by atoms with Crippen LogP contribution in [0.5, 0.6) is 11.5 Å². The predicted molar refractivity (Wildman–Crippen MR) is 142 cm³/mol. The molecule has 0 saturated heterocycles. The molecule has 2 N–H and O–H groups in total. The van der Waals surface area contributed by atoms with Crippen LogP contribution in [0.4, 0.5) is 0 Å². The summed E-state index contributed by atoms with van der Waals surface area (Å²) in [6.45, 7) is 0. The highest BCUT2D eigenvalue weighted by Crippen LogP contribution is 2.34. The number of hydrogen-bond donors (Lipinski definition) is 2. The molecule has 0 aromatic heterocycles. The molecule has 0 radical (unpaired) electrons. The monoisotopic (exact) mass is 474 g/mol. The van der Waals surface area contributed by atoms with Crippen molar-refractivity contribution < 1.29 is 19.7 Å². The van der Waals surface area contributed by atoms with Crippen LogP contribution >= 0.6 is 0 Å². The maximum absolute atomic E-state index is 11.3. The molecular formula is C32H26O4. The Hall–Kier alpha value is -4.48. The summed E-state index contributed by atoms with van der Waals surface area (Å²) in [5.41, 5.74) is 1.02. The van der Waals surface area contributed by atoms with E-state index in [4.69, 9.17) is 22.3 Å². The van der Waals surface area contributed by atoms with E-state index in [9.17, 15) is 10.2 Å². The van der Waals surface area contributed by atoms with Crippen molar-refractivity contribution in [3.05, 3.63) is 119 Å². The summed E-state index contributed by atoms with van der Waals surface area (Å²) in [4.78, 5) is 0. The first-order chi connectivity index (χ1) is 17.4. The van der Waals surface area contributed by atoms with Crippen LogP contribution in [0.3, 0.4) is 0 Å². The molecule has 0 aliphatic carbocycles. The number of benzene rings is 4. The predicted octanol–water partition coefficient (Wildman–Crippen LogP) is 5.11. The second kappa shape index (κ2) is 10.0. The molecule has 178 valence electrons. The molecule has 0 saturated carbocycles. The van der Waals surface area contributed by atoms with E-state index < -0.39 is 11.2 Å². The Bertz CT molecular complexity index is 1290. The van der Waals surface area contributed by atoms with Gasteiger partial charge in [0.05, 0.1) is 14.2 Å². The zero-order valence-corrected chi connectivity index (χ0v) is 20.1. The largest absolute Gasteiger partial charge is 0.497 e. The molecule has 4 rings (SSSR count). The molecule has 36 heavy (non-hydrogen) atoms. The molecular weight excluding hydrogens is 448 g/mol. The molecule has 0 aliphatic heterocycles. The summed E-state index contributed by atoms with van der Waals surface area (Å²) in [5, 5.41) is 22.5. The Morgan fingerprint density at radius 1 is 0.500 bits per heavy atom. The lowest BCUT2D eigenvalue weighted by molar-refractivity contribution is 0.145. The van der Waals surface area contributed by atoms with Gasteiger partial charge in [-0.2, -0.15) is 0 Å². The summed E-state index contributed by atoms with van der Waals surface area (Å²) in [5.74, 6) is 6.40. The van der Waals surface area contributed by atoms with Crippen molar-refractivity contribution in [3.8, 4) is 47.3 Å². The topological polar surface area (TPSA) is 58.9 Å². The Morgan fingerprint density at radius 2 is 0.750 bits per heavy atom. The second-order valence-electron chi connectivity index (χ2n) is 8.32. The normalized spacial score (nSPS) is 13.9. The molecule has 0 fully saturated rings. The van der Waals surface area contributed by atoms with Crippen LogP contribution in [0.2, 0.25) is 0 Å². The van der Waals surface area contributed by atoms with Gasteiger partial charge in [0.1, 0.15) is 11.5 Å². The van der Waals surface area contributed by atoms with Crippen molar-refractivity contribution in [1.82, 2.24) is 0 Å². The fourth-order valence-electron chi connectivity index (χ4n) is 4.14. The van der Waals surface area contributed by atoms with Gasteiger partial charge in [0.2, 0.25) is 0 Å². The lowest BCUT2D eigenvalue weighted by atomic mass is 9.85. The SMILES string of the molecule is C#CC(O)(c1ccc(OC)cc1)c1ccc(-c2ccc(C(O)(C#C)c3ccc(OC)cc3)cc2)cc1. The van der Waals surface area contributed by atoms with Gasteiger partial charge in [0.15, 0.2) is 11.2 Å². The van der Waals surface area contributed by atoms with Crippen LogP contribution in [0.25, 0.3) is 11.1 Å². The van der Waals surface area contributed by atoms with E-state index in [0.29, 0.717) is 33.8 Å². The van der Waals surface area contributed by atoms with E-state index in [0.717, 1.165) is 11.1 Å². The fraction of sp³-hybridized carbons (Fsp3) is 0.125. The van der Waals surface area contributed by atoms with Crippen LogP contribution < -0.4 is 9.47 Å². The van der Waals surface area contributed by atoms with Gasteiger partial charge < -0.3 is 19.7 Å². The van der Waals surface area contributed by atoms with Crippen LogP contribution in [-0.2, 0) is 11.2 Å². The van der Waals surface area contributed by atoms with Crippen LogP contribution in [0, 0.1) is 24.7 Å². The van der Waals surface area contributed by atoms with E-state index in [1.54, 1.807) is 62.8 Å². The first kappa shape index (κ1) is 24.6. The quantitative estimate of drug-likeness (QED) is 0.366. The average molecular weight is 475 g/mol. The third kappa shape index (κ3) is 4.44. The fourth-order valence-corrected chi connectivity index (χ4v) is 4.14. The molecule has 4 nitrogen and oxygen atoms in total. The Kier molecular flexibility index (Phi) is 6.86. The van der Waals surface area contributed by atoms with E-state index in [1.165, 1.54) is 0 Å². The third-order valence-electron chi connectivity index (χ3n) is 6.37. The highest BCUT2D eigenvalue weighted by Gasteiger charge is 2.30. The van der Waals surface area contributed by atoms with Crippen molar-refractivity contribution in [2.75, 3.05) is 14.2 Å². The number of hydrogen-bond acceptors (Lipinski definition) is 4. The number of rotatable bonds is 7. The molecule has 0 amide bonds. The Labute approximate surface area is 211 Å². The first-order valence-electron chi connectivity index (χ1n) is 11.3. The molecule has 0 heterocycles. The Morgan fingerprint density at radius 3 is 0.972 bits per heavy atom. The van der Waals surface area contributed by atoms with Crippen LogP contribution in [-0.4, -0.2) is 24.4 Å². The Balaban J connectivity index is 1.60. The van der Waals surface area contributed by atoms with Crippen molar-refractivity contribution in [2.24, 2.45) is 0 Å². The highest BCUT2D eigenvalue weighted by atomic mass is 16.5. The zero-order valence-electron chi connectivity index (χ0n) is 20.1. The minimum absolute atomic E-state index is 0.579. The van der Waals surface area contributed by atoms with Gasteiger partial charge in [-0.25, -0.2) is 0 Å². The van der Waals surface area contributed by atoms with Crippen molar-refractivity contribution >= 4 is 0 Å². The molecule has 2 unspecified atom stereocenters. The van der Waals surface area contributed by atoms with E-state index in [-0.39, 0.29) is 0 Å². The number of aliphatic hydroxyl groups is 2.